The van der Waals surface area contributed by atoms with Crippen LogP contribution in [0.5, 0.6) is 0 Å². The fourth-order valence-electron chi connectivity index (χ4n) is 1.62. The van der Waals surface area contributed by atoms with Crippen molar-refractivity contribution in [1.82, 2.24) is 5.32 Å². The van der Waals surface area contributed by atoms with E-state index in [2.05, 4.69) is 50.4 Å². The van der Waals surface area contributed by atoms with Crippen LogP contribution in [-0.2, 0) is 0 Å². The normalized spacial score (nSPS) is 16.8. The molecule has 0 spiro atoms. The number of rotatable bonds is 6. The van der Waals surface area contributed by atoms with E-state index < -0.39 is 0 Å². The van der Waals surface area contributed by atoms with E-state index in [0.717, 1.165) is 6.54 Å². The van der Waals surface area contributed by atoms with Crippen molar-refractivity contribution in [3.8, 4) is 0 Å². The minimum Gasteiger partial charge on any atom is -0.396 e. The van der Waals surface area contributed by atoms with E-state index in [1.165, 1.54) is 5.56 Å². The summed E-state index contributed by atoms with van der Waals surface area (Å²) in [6.45, 7) is 7.60. The zero-order valence-electron chi connectivity index (χ0n) is 10.5. The van der Waals surface area contributed by atoms with Gasteiger partial charge in [0.05, 0.1) is 0 Å². The molecule has 3 unspecified atom stereocenters. The standard InChI is InChI=1S/C14H23NO/c1-11(14-7-5-4-6-8-14)9-15-13(3)12(2)10-16/h4-8,11-13,15-16H,9-10H2,1-3H3. The van der Waals surface area contributed by atoms with Gasteiger partial charge < -0.3 is 10.4 Å². The maximum absolute atomic E-state index is 9.05. The monoisotopic (exact) mass is 221 g/mol. The van der Waals surface area contributed by atoms with Gasteiger partial charge in [-0.15, -0.1) is 0 Å². The van der Waals surface area contributed by atoms with Gasteiger partial charge in [-0.05, 0) is 24.3 Å². The largest absolute Gasteiger partial charge is 0.396 e. The summed E-state index contributed by atoms with van der Waals surface area (Å²) in [5.41, 5.74) is 1.36. The number of benzene rings is 1. The molecular weight excluding hydrogens is 198 g/mol. The average molecular weight is 221 g/mol. The van der Waals surface area contributed by atoms with E-state index in [1.54, 1.807) is 0 Å². The number of aliphatic hydroxyl groups is 1. The van der Waals surface area contributed by atoms with E-state index in [9.17, 15) is 0 Å². The first-order valence-electron chi connectivity index (χ1n) is 6.04. The molecule has 2 heteroatoms. The average Bonchev–Trinajstić information content (AvgIpc) is 2.35. The summed E-state index contributed by atoms with van der Waals surface area (Å²) in [5, 5.41) is 12.5. The molecule has 0 saturated heterocycles. The fourth-order valence-corrected chi connectivity index (χ4v) is 1.62. The Labute approximate surface area is 98.7 Å². The molecule has 0 aromatic heterocycles. The molecule has 0 bridgehead atoms. The fraction of sp³-hybridized carbons (Fsp3) is 0.571. The van der Waals surface area contributed by atoms with Gasteiger partial charge in [-0.25, -0.2) is 0 Å². The van der Waals surface area contributed by atoms with Crippen LogP contribution in [0, 0.1) is 5.92 Å². The first-order valence-corrected chi connectivity index (χ1v) is 6.04. The Morgan fingerprint density at radius 1 is 1.12 bits per heavy atom. The maximum Gasteiger partial charge on any atom is 0.0471 e. The van der Waals surface area contributed by atoms with Gasteiger partial charge in [0.2, 0.25) is 0 Å². The van der Waals surface area contributed by atoms with E-state index in [0.29, 0.717) is 17.9 Å². The molecule has 1 aromatic rings. The van der Waals surface area contributed by atoms with Crippen molar-refractivity contribution in [2.45, 2.75) is 32.7 Å². The Bertz CT molecular complexity index is 286. The molecule has 0 aliphatic carbocycles. The molecule has 2 N–H and O–H groups in total. The topological polar surface area (TPSA) is 32.3 Å². The molecule has 0 radical (unpaired) electrons. The Morgan fingerprint density at radius 3 is 2.31 bits per heavy atom. The van der Waals surface area contributed by atoms with Gasteiger partial charge in [0.25, 0.3) is 0 Å². The van der Waals surface area contributed by atoms with Crippen LogP contribution in [0.4, 0.5) is 0 Å². The van der Waals surface area contributed by atoms with Gasteiger partial charge in [-0.3, -0.25) is 0 Å². The molecule has 0 amide bonds. The quantitative estimate of drug-likeness (QED) is 0.773. The van der Waals surface area contributed by atoms with Gasteiger partial charge in [0, 0.05) is 19.2 Å². The van der Waals surface area contributed by atoms with Crippen LogP contribution >= 0.6 is 0 Å². The SMILES string of the molecule is CC(CNC(C)C(C)CO)c1ccccc1. The molecular formula is C14H23NO. The smallest absolute Gasteiger partial charge is 0.0471 e. The predicted molar refractivity (Wildman–Crippen MR) is 68.6 cm³/mol. The van der Waals surface area contributed by atoms with Crippen molar-refractivity contribution in [2.75, 3.05) is 13.2 Å². The summed E-state index contributed by atoms with van der Waals surface area (Å²) in [6.07, 6.45) is 0. The zero-order valence-corrected chi connectivity index (χ0v) is 10.5. The van der Waals surface area contributed by atoms with E-state index >= 15 is 0 Å². The Balaban J connectivity index is 2.38. The van der Waals surface area contributed by atoms with E-state index in [1.807, 2.05) is 6.07 Å². The van der Waals surface area contributed by atoms with Gasteiger partial charge in [-0.2, -0.15) is 0 Å². The van der Waals surface area contributed by atoms with E-state index in [-0.39, 0.29) is 6.61 Å². The third-order valence-corrected chi connectivity index (χ3v) is 3.26. The molecule has 1 aromatic carbocycles. The van der Waals surface area contributed by atoms with E-state index in [4.69, 9.17) is 5.11 Å². The van der Waals surface area contributed by atoms with Gasteiger partial charge in [0.1, 0.15) is 0 Å². The Morgan fingerprint density at radius 2 is 1.75 bits per heavy atom. The van der Waals surface area contributed by atoms with Crippen molar-refractivity contribution < 1.29 is 5.11 Å². The predicted octanol–water partition coefficient (Wildman–Crippen LogP) is 2.40. The second-order valence-electron chi connectivity index (χ2n) is 4.67. The molecule has 16 heavy (non-hydrogen) atoms. The molecule has 0 saturated carbocycles. The molecule has 0 aliphatic heterocycles. The molecule has 0 aliphatic rings. The minimum atomic E-state index is 0.244. The Kier molecular flexibility index (Phi) is 5.50. The zero-order chi connectivity index (χ0) is 12.0. The van der Waals surface area contributed by atoms with Crippen molar-refractivity contribution in [2.24, 2.45) is 5.92 Å². The van der Waals surface area contributed by atoms with Crippen LogP contribution in [0.15, 0.2) is 30.3 Å². The second-order valence-corrected chi connectivity index (χ2v) is 4.67. The lowest BCUT2D eigenvalue weighted by Gasteiger charge is -2.22. The molecule has 0 fully saturated rings. The van der Waals surface area contributed by atoms with Crippen LogP contribution < -0.4 is 5.32 Å². The summed E-state index contributed by atoms with van der Waals surface area (Å²) in [4.78, 5) is 0. The lowest BCUT2D eigenvalue weighted by molar-refractivity contribution is 0.207. The third kappa shape index (κ3) is 3.95. The first kappa shape index (κ1) is 13.2. The highest BCUT2D eigenvalue weighted by Crippen LogP contribution is 2.13. The van der Waals surface area contributed by atoms with Gasteiger partial charge >= 0.3 is 0 Å². The summed E-state index contributed by atoms with van der Waals surface area (Å²) in [6, 6.07) is 10.9. The van der Waals surface area contributed by atoms with Gasteiger partial charge in [-0.1, -0.05) is 44.2 Å². The lowest BCUT2D eigenvalue weighted by Crippen LogP contribution is -2.36. The molecule has 0 heterocycles. The number of hydrogen-bond acceptors (Lipinski definition) is 2. The summed E-state index contributed by atoms with van der Waals surface area (Å²) >= 11 is 0. The minimum absolute atomic E-state index is 0.244. The van der Waals surface area contributed by atoms with Crippen LogP contribution in [0.3, 0.4) is 0 Å². The third-order valence-electron chi connectivity index (χ3n) is 3.26. The molecule has 2 nitrogen and oxygen atoms in total. The summed E-state index contributed by atoms with van der Waals surface area (Å²) < 4.78 is 0. The van der Waals surface area contributed by atoms with Crippen LogP contribution in [0.2, 0.25) is 0 Å². The molecule has 1 rings (SSSR count). The maximum atomic E-state index is 9.05. The van der Waals surface area contributed by atoms with Crippen LogP contribution in [0.1, 0.15) is 32.3 Å². The van der Waals surface area contributed by atoms with Crippen LogP contribution in [0.25, 0.3) is 0 Å². The highest BCUT2D eigenvalue weighted by Gasteiger charge is 2.12. The molecule has 3 atom stereocenters. The van der Waals surface area contributed by atoms with Crippen molar-refractivity contribution in [3.63, 3.8) is 0 Å². The summed E-state index contributed by atoms with van der Waals surface area (Å²) in [5.74, 6) is 0.817. The highest BCUT2D eigenvalue weighted by atomic mass is 16.3. The Hall–Kier alpha value is -0.860. The number of hydrogen-bond donors (Lipinski definition) is 2. The summed E-state index contributed by atoms with van der Waals surface area (Å²) in [7, 11) is 0. The lowest BCUT2D eigenvalue weighted by atomic mass is 9.99. The number of nitrogens with one attached hydrogen (secondary N) is 1. The van der Waals surface area contributed by atoms with Crippen molar-refractivity contribution in [3.05, 3.63) is 35.9 Å². The van der Waals surface area contributed by atoms with Crippen molar-refractivity contribution in [1.29, 1.82) is 0 Å². The first-order chi connectivity index (χ1) is 7.65. The highest BCUT2D eigenvalue weighted by molar-refractivity contribution is 5.18. The molecule has 90 valence electrons. The van der Waals surface area contributed by atoms with Crippen LogP contribution in [-0.4, -0.2) is 24.3 Å². The second kappa shape index (κ2) is 6.66. The van der Waals surface area contributed by atoms with Crippen molar-refractivity contribution >= 4 is 0 Å². The van der Waals surface area contributed by atoms with Gasteiger partial charge in [0.15, 0.2) is 0 Å². The number of aliphatic hydroxyl groups excluding tert-OH is 1.